The van der Waals surface area contributed by atoms with Crippen LogP contribution in [0.2, 0.25) is 0 Å². The van der Waals surface area contributed by atoms with Gasteiger partial charge in [0.05, 0.1) is 0 Å². The van der Waals surface area contributed by atoms with Gasteiger partial charge >= 0.3 is 0 Å². The summed E-state index contributed by atoms with van der Waals surface area (Å²) >= 11 is 0. The summed E-state index contributed by atoms with van der Waals surface area (Å²) in [5, 5.41) is 5.08. The predicted octanol–water partition coefficient (Wildman–Crippen LogP) is 18.1. The van der Waals surface area contributed by atoms with E-state index in [4.69, 9.17) is 0 Å². The van der Waals surface area contributed by atoms with Crippen LogP contribution in [0.4, 0.5) is 17.1 Å². The molecule has 11 aromatic rings. The van der Waals surface area contributed by atoms with E-state index >= 15 is 0 Å². The van der Waals surface area contributed by atoms with E-state index in [0.29, 0.717) is 0 Å². The summed E-state index contributed by atoms with van der Waals surface area (Å²) in [5.74, 6) is 0. The molecule has 0 N–H and O–H groups in total. The van der Waals surface area contributed by atoms with Crippen molar-refractivity contribution in [1.29, 1.82) is 0 Å². The van der Waals surface area contributed by atoms with E-state index in [1.807, 2.05) is 0 Å². The summed E-state index contributed by atoms with van der Waals surface area (Å²) in [7, 11) is 0. The van der Waals surface area contributed by atoms with Gasteiger partial charge in [0.2, 0.25) is 0 Å². The zero-order valence-electron chi connectivity index (χ0n) is 37.1. The van der Waals surface area contributed by atoms with E-state index in [-0.39, 0.29) is 5.41 Å². The minimum Gasteiger partial charge on any atom is -0.310 e. The van der Waals surface area contributed by atoms with Crippen molar-refractivity contribution in [3.8, 4) is 66.8 Å². The monoisotopic (exact) mass is 841 g/mol. The average Bonchev–Trinajstić information content (AvgIpc) is 3.62. The Labute approximate surface area is 387 Å². The highest BCUT2D eigenvalue weighted by Gasteiger charge is 2.35. The zero-order chi connectivity index (χ0) is 44.2. The van der Waals surface area contributed by atoms with Gasteiger partial charge in [0.15, 0.2) is 0 Å². The third-order valence-electron chi connectivity index (χ3n) is 13.9. The quantitative estimate of drug-likeness (QED) is 0.138. The van der Waals surface area contributed by atoms with Crippen LogP contribution >= 0.6 is 0 Å². The lowest BCUT2D eigenvalue weighted by molar-refractivity contribution is 0.660. The fourth-order valence-electron chi connectivity index (χ4n) is 10.5. The molecular formula is C65H47N. The maximum Gasteiger partial charge on any atom is 0.0467 e. The van der Waals surface area contributed by atoms with Gasteiger partial charge in [-0.15, -0.1) is 0 Å². The van der Waals surface area contributed by atoms with Gasteiger partial charge in [0.25, 0.3) is 0 Å². The third kappa shape index (κ3) is 6.80. The molecule has 1 heteroatoms. The second-order valence-corrected chi connectivity index (χ2v) is 18.1. The average molecular weight is 842 g/mol. The van der Waals surface area contributed by atoms with Crippen molar-refractivity contribution < 1.29 is 0 Å². The van der Waals surface area contributed by atoms with Crippen molar-refractivity contribution >= 4 is 38.6 Å². The molecule has 0 fully saturated rings. The van der Waals surface area contributed by atoms with Gasteiger partial charge < -0.3 is 4.90 Å². The molecule has 1 nitrogen and oxygen atoms in total. The van der Waals surface area contributed by atoms with Crippen molar-refractivity contribution in [3.05, 3.63) is 260 Å². The van der Waals surface area contributed by atoms with Gasteiger partial charge in [-0.3, -0.25) is 0 Å². The molecule has 66 heavy (non-hydrogen) atoms. The molecule has 0 atom stereocenters. The molecule has 0 aromatic heterocycles. The molecule has 0 spiro atoms. The van der Waals surface area contributed by atoms with Gasteiger partial charge in [-0.25, -0.2) is 0 Å². The Bertz CT molecular complexity index is 3580. The molecule has 0 saturated heterocycles. The molecule has 1 aliphatic rings. The van der Waals surface area contributed by atoms with Crippen molar-refractivity contribution in [2.24, 2.45) is 0 Å². The van der Waals surface area contributed by atoms with Gasteiger partial charge in [0, 0.05) is 22.5 Å². The summed E-state index contributed by atoms with van der Waals surface area (Å²) in [6.07, 6.45) is 0. The molecule has 0 amide bonds. The lowest BCUT2D eigenvalue weighted by atomic mass is 9.81. The van der Waals surface area contributed by atoms with E-state index in [1.54, 1.807) is 0 Å². The molecule has 0 heterocycles. The molecule has 0 aliphatic heterocycles. The minimum atomic E-state index is -0.0734. The van der Waals surface area contributed by atoms with Crippen molar-refractivity contribution in [2.75, 3.05) is 4.90 Å². The van der Waals surface area contributed by atoms with Gasteiger partial charge in [-0.05, 0) is 148 Å². The molecule has 1 aliphatic carbocycles. The number of anilines is 3. The normalized spacial score (nSPS) is 12.5. The summed E-state index contributed by atoms with van der Waals surface area (Å²) in [6, 6.07) is 91.3. The van der Waals surface area contributed by atoms with E-state index in [1.165, 1.54) is 99.4 Å². The summed E-state index contributed by atoms with van der Waals surface area (Å²) in [6.45, 7) is 4.71. The van der Waals surface area contributed by atoms with Crippen LogP contribution in [0.5, 0.6) is 0 Å². The third-order valence-corrected chi connectivity index (χ3v) is 13.9. The van der Waals surface area contributed by atoms with E-state index < -0.39 is 0 Å². The summed E-state index contributed by atoms with van der Waals surface area (Å²) in [4.78, 5) is 2.40. The maximum absolute atomic E-state index is 2.42. The van der Waals surface area contributed by atoms with Crippen LogP contribution in [0.1, 0.15) is 25.0 Å². The number of fused-ring (bicyclic) bond motifs is 6. The van der Waals surface area contributed by atoms with Gasteiger partial charge in [0.1, 0.15) is 0 Å². The summed E-state index contributed by atoms with van der Waals surface area (Å²) < 4.78 is 0. The lowest BCUT2D eigenvalue weighted by Crippen LogP contribution is -2.14. The second-order valence-electron chi connectivity index (χ2n) is 18.1. The fourth-order valence-corrected chi connectivity index (χ4v) is 10.5. The highest BCUT2D eigenvalue weighted by molar-refractivity contribution is 6.12. The minimum absolute atomic E-state index is 0.0734. The first kappa shape index (κ1) is 39.3. The molecule has 11 aromatic carbocycles. The molecule has 0 radical (unpaired) electrons. The van der Waals surface area contributed by atoms with Gasteiger partial charge in [-0.2, -0.15) is 0 Å². The largest absolute Gasteiger partial charge is 0.310 e. The Kier molecular flexibility index (Phi) is 9.58. The van der Waals surface area contributed by atoms with Crippen molar-refractivity contribution in [2.45, 2.75) is 19.3 Å². The van der Waals surface area contributed by atoms with Crippen LogP contribution in [-0.2, 0) is 5.41 Å². The molecule has 312 valence electrons. The number of rotatable bonds is 8. The second kappa shape index (κ2) is 16.1. The number of benzene rings is 11. The Hall–Kier alpha value is -8.26. The van der Waals surface area contributed by atoms with Crippen LogP contribution in [0.15, 0.2) is 249 Å². The van der Waals surface area contributed by atoms with Crippen molar-refractivity contribution in [1.82, 2.24) is 0 Å². The standard InChI is InChI=1S/C65H47N/c1-65(2)63-26-12-11-23-60(63)61-40-33-51(43-64(61)65)49-20-13-21-54(41-49)66(53-36-29-48(30-37-53)56-24-14-25-58-55-22-10-9-19-47(55)31-39-59(56)58)52-34-27-44(28-35-52)50-32-38-57(45-15-5-3-6-16-45)62(42-50)46-17-7-4-8-18-46/h3-43H,1-2H3. The first-order valence-corrected chi connectivity index (χ1v) is 23.0. The highest BCUT2D eigenvalue weighted by atomic mass is 15.1. The Morgan fingerprint density at radius 2 is 0.773 bits per heavy atom. The number of nitrogens with zero attached hydrogens (tertiary/aromatic N) is 1. The topological polar surface area (TPSA) is 3.24 Å². The van der Waals surface area contributed by atoms with Crippen LogP contribution < -0.4 is 4.90 Å². The molecule has 0 saturated carbocycles. The SMILES string of the molecule is CC1(C)c2ccccc2-c2ccc(-c3cccc(N(c4ccc(-c5ccc(-c6ccccc6)c(-c6ccccc6)c5)cc4)c4ccc(-c5cccc6c5ccc5ccccc56)cc4)c3)cc21. The number of hydrogen-bond donors (Lipinski definition) is 0. The predicted molar refractivity (Wildman–Crippen MR) is 281 cm³/mol. The molecule has 0 unspecified atom stereocenters. The Morgan fingerprint density at radius 1 is 0.258 bits per heavy atom. The Balaban J connectivity index is 0.950. The smallest absolute Gasteiger partial charge is 0.0467 e. The van der Waals surface area contributed by atoms with E-state index in [2.05, 4.69) is 267 Å². The van der Waals surface area contributed by atoms with Crippen LogP contribution in [0.25, 0.3) is 88.3 Å². The van der Waals surface area contributed by atoms with Crippen LogP contribution in [-0.4, -0.2) is 0 Å². The van der Waals surface area contributed by atoms with E-state index in [9.17, 15) is 0 Å². The fraction of sp³-hybridized carbons (Fsp3) is 0.0462. The first-order chi connectivity index (χ1) is 32.5. The Morgan fingerprint density at radius 3 is 1.53 bits per heavy atom. The lowest BCUT2D eigenvalue weighted by Gasteiger charge is -2.27. The molecule has 0 bridgehead atoms. The van der Waals surface area contributed by atoms with Gasteiger partial charge in [-0.1, -0.05) is 214 Å². The molecular weight excluding hydrogens is 795 g/mol. The highest BCUT2D eigenvalue weighted by Crippen LogP contribution is 2.50. The first-order valence-electron chi connectivity index (χ1n) is 23.0. The van der Waals surface area contributed by atoms with Crippen molar-refractivity contribution in [3.63, 3.8) is 0 Å². The maximum atomic E-state index is 2.42. The number of hydrogen-bond acceptors (Lipinski definition) is 1. The van der Waals surface area contributed by atoms with E-state index in [0.717, 1.165) is 17.1 Å². The zero-order valence-corrected chi connectivity index (χ0v) is 37.1. The van der Waals surface area contributed by atoms with Crippen LogP contribution in [0, 0.1) is 0 Å². The molecule has 12 rings (SSSR count). The summed E-state index contributed by atoms with van der Waals surface area (Å²) in [5.41, 5.74) is 20.7. The van der Waals surface area contributed by atoms with Crippen LogP contribution in [0.3, 0.4) is 0 Å².